The molecule has 2 aromatic heterocycles. The predicted molar refractivity (Wildman–Crippen MR) is 112 cm³/mol. The molecule has 0 radical (unpaired) electrons. The minimum atomic E-state index is -0.0245. The number of aromatic nitrogens is 4. The largest absolute Gasteiger partial charge is 0.336 e. The molecule has 0 atom stereocenters. The third-order valence-electron chi connectivity index (χ3n) is 4.57. The molecule has 0 saturated carbocycles. The summed E-state index contributed by atoms with van der Waals surface area (Å²) in [7, 11) is 3.66. The van der Waals surface area contributed by atoms with E-state index in [0.717, 1.165) is 31.6 Å². The van der Waals surface area contributed by atoms with Gasteiger partial charge in [0.25, 0.3) is 5.91 Å². The van der Waals surface area contributed by atoms with Gasteiger partial charge in [-0.1, -0.05) is 12.1 Å². The van der Waals surface area contributed by atoms with Crippen LogP contribution in [0.1, 0.15) is 33.0 Å². The summed E-state index contributed by atoms with van der Waals surface area (Å²) in [6.45, 7) is 5.17. The molecule has 6 nitrogen and oxygen atoms in total. The Balaban J connectivity index is 1.70. The van der Waals surface area contributed by atoms with Crippen LogP contribution in [0.5, 0.6) is 0 Å². The van der Waals surface area contributed by atoms with Gasteiger partial charge in [0.2, 0.25) is 0 Å². The van der Waals surface area contributed by atoms with Crippen LogP contribution in [0.15, 0.2) is 39.4 Å². The number of nitrogens with zero attached hydrogens (tertiary/aromatic N) is 5. The van der Waals surface area contributed by atoms with E-state index in [1.54, 1.807) is 22.8 Å². The normalized spacial score (nSPS) is 11.0. The number of amides is 1. The van der Waals surface area contributed by atoms with Crippen molar-refractivity contribution in [3.63, 3.8) is 0 Å². The first-order valence-electron chi connectivity index (χ1n) is 8.48. The first-order valence-corrected chi connectivity index (χ1v) is 10.1. The molecule has 3 aromatic rings. The molecule has 1 amide bonds. The van der Waals surface area contributed by atoms with Gasteiger partial charge in [-0.2, -0.15) is 10.2 Å². The van der Waals surface area contributed by atoms with Crippen LogP contribution >= 0.6 is 31.9 Å². The second kappa shape index (κ2) is 7.98. The summed E-state index contributed by atoms with van der Waals surface area (Å²) >= 11 is 7.02. The van der Waals surface area contributed by atoms with E-state index in [0.29, 0.717) is 18.7 Å². The zero-order valence-electron chi connectivity index (χ0n) is 15.7. The molecule has 8 heteroatoms. The maximum absolute atomic E-state index is 12.7. The fourth-order valence-corrected chi connectivity index (χ4v) is 3.64. The van der Waals surface area contributed by atoms with Crippen molar-refractivity contribution in [1.29, 1.82) is 0 Å². The lowest BCUT2D eigenvalue weighted by Gasteiger charge is -2.18. The monoisotopic (exact) mass is 493 g/mol. The Kier molecular flexibility index (Phi) is 5.86. The van der Waals surface area contributed by atoms with E-state index >= 15 is 0 Å². The standard InChI is InChI=1S/C19H21Br2N5O/c1-12-18(21)13(2)26(23-12)10-14-5-7-15(8-6-14)19(27)24(3)11-17-16(20)9-22-25(17)4/h5-9H,10-11H2,1-4H3. The molecule has 0 saturated heterocycles. The predicted octanol–water partition coefficient (Wildman–Crippen LogP) is 4.08. The summed E-state index contributed by atoms with van der Waals surface area (Å²) in [5, 5.41) is 8.72. The lowest BCUT2D eigenvalue weighted by Crippen LogP contribution is -2.27. The van der Waals surface area contributed by atoms with Crippen molar-refractivity contribution in [2.24, 2.45) is 7.05 Å². The third kappa shape index (κ3) is 4.16. The summed E-state index contributed by atoms with van der Waals surface area (Å²) in [6.07, 6.45) is 1.74. The summed E-state index contributed by atoms with van der Waals surface area (Å²) < 4.78 is 5.67. The highest BCUT2D eigenvalue weighted by atomic mass is 79.9. The van der Waals surface area contributed by atoms with Gasteiger partial charge < -0.3 is 4.90 Å². The smallest absolute Gasteiger partial charge is 0.253 e. The number of benzene rings is 1. The number of hydrogen-bond acceptors (Lipinski definition) is 3. The second-order valence-electron chi connectivity index (χ2n) is 6.56. The lowest BCUT2D eigenvalue weighted by atomic mass is 10.1. The van der Waals surface area contributed by atoms with Crippen molar-refractivity contribution in [2.45, 2.75) is 26.9 Å². The van der Waals surface area contributed by atoms with Crippen LogP contribution in [0.2, 0.25) is 0 Å². The van der Waals surface area contributed by atoms with Crippen molar-refractivity contribution in [3.05, 3.63) is 67.6 Å². The molecule has 0 aliphatic rings. The molecule has 27 heavy (non-hydrogen) atoms. The first kappa shape index (κ1) is 19.8. The zero-order chi connectivity index (χ0) is 19.7. The van der Waals surface area contributed by atoms with Gasteiger partial charge in [-0.05, 0) is 63.4 Å². The number of aryl methyl sites for hydroxylation is 2. The lowest BCUT2D eigenvalue weighted by molar-refractivity contribution is 0.0781. The fourth-order valence-electron chi connectivity index (χ4n) is 2.89. The Labute approximate surface area is 175 Å². The van der Waals surface area contributed by atoms with Gasteiger partial charge in [0.05, 0.1) is 45.3 Å². The van der Waals surface area contributed by atoms with E-state index in [-0.39, 0.29) is 5.91 Å². The van der Waals surface area contributed by atoms with E-state index in [2.05, 4.69) is 42.1 Å². The number of halogens is 2. The molecule has 0 aliphatic heterocycles. The van der Waals surface area contributed by atoms with Crippen molar-refractivity contribution in [3.8, 4) is 0 Å². The summed E-state index contributed by atoms with van der Waals surface area (Å²) in [4.78, 5) is 14.4. The minimum absolute atomic E-state index is 0.0245. The SMILES string of the molecule is Cc1nn(Cc2ccc(C(=O)N(C)Cc3c(Br)cnn3C)cc2)c(C)c1Br. The van der Waals surface area contributed by atoms with E-state index in [9.17, 15) is 4.79 Å². The van der Waals surface area contributed by atoms with Crippen molar-refractivity contribution < 1.29 is 4.79 Å². The number of carbonyl (C=O) groups is 1. The Morgan fingerprint density at radius 1 is 1.19 bits per heavy atom. The van der Waals surface area contributed by atoms with Crippen molar-refractivity contribution in [2.75, 3.05) is 7.05 Å². The van der Waals surface area contributed by atoms with Crippen molar-refractivity contribution in [1.82, 2.24) is 24.5 Å². The molecule has 0 spiro atoms. The molecule has 0 N–H and O–H groups in total. The Hall–Kier alpha value is -1.93. The molecule has 2 heterocycles. The molecule has 0 aliphatic carbocycles. The molecule has 142 valence electrons. The summed E-state index contributed by atoms with van der Waals surface area (Å²) in [6, 6.07) is 7.69. The molecular weight excluding hydrogens is 474 g/mol. The number of hydrogen-bond donors (Lipinski definition) is 0. The van der Waals surface area contributed by atoms with E-state index in [4.69, 9.17) is 0 Å². The van der Waals surface area contributed by atoms with Gasteiger partial charge in [-0.25, -0.2) is 0 Å². The van der Waals surface area contributed by atoms with Crippen LogP contribution in [-0.2, 0) is 20.1 Å². The van der Waals surface area contributed by atoms with Gasteiger partial charge in [0, 0.05) is 19.7 Å². The van der Waals surface area contributed by atoms with Gasteiger partial charge in [-0.15, -0.1) is 0 Å². The highest BCUT2D eigenvalue weighted by Crippen LogP contribution is 2.21. The molecule has 1 aromatic carbocycles. The highest BCUT2D eigenvalue weighted by molar-refractivity contribution is 9.10. The molecule has 0 unspecified atom stereocenters. The average molecular weight is 495 g/mol. The van der Waals surface area contributed by atoms with Crippen LogP contribution in [0, 0.1) is 13.8 Å². The van der Waals surface area contributed by atoms with Gasteiger partial charge in [0.15, 0.2) is 0 Å². The maximum Gasteiger partial charge on any atom is 0.253 e. The van der Waals surface area contributed by atoms with Gasteiger partial charge >= 0.3 is 0 Å². The quantitative estimate of drug-likeness (QED) is 0.537. The molecular formula is C19H21Br2N5O. The number of rotatable bonds is 5. The third-order valence-corrected chi connectivity index (χ3v) is 6.38. The average Bonchev–Trinajstić information content (AvgIpc) is 3.09. The van der Waals surface area contributed by atoms with E-state index in [1.165, 1.54) is 0 Å². The van der Waals surface area contributed by atoms with Crippen LogP contribution in [0.25, 0.3) is 0 Å². The topological polar surface area (TPSA) is 56.0 Å². The number of carbonyl (C=O) groups excluding carboxylic acids is 1. The maximum atomic E-state index is 12.7. The molecule has 3 rings (SSSR count). The zero-order valence-corrected chi connectivity index (χ0v) is 18.9. The summed E-state index contributed by atoms with van der Waals surface area (Å²) in [5.74, 6) is -0.0245. The summed E-state index contributed by atoms with van der Waals surface area (Å²) in [5.41, 5.74) is 4.78. The van der Waals surface area contributed by atoms with Crippen molar-refractivity contribution >= 4 is 37.8 Å². The van der Waals surface area contributed by atoms with E-state index in [1.807, 2.05) is 49.8 Å². The Morgan fingerprint density at radius 2 is 1.85 bits per heavy atom. The Morgan fingerprint density at radius 3 is 2.37 bits per heavy atom. The van der Waals surface area contributed by atoms with Crippen LogP contribution in [-0.4, -0.2) is 37.4 Å². The fraction of sp³-hybridized carbons (Fsp3) is 0.316. The van der Waals surface area contributed by atoms with Gasteiger partial charge in [0.1, 0.15) is 0 Å². The highest BCUT2D eigenvalue weighted by Gasteiger charge is 2.16. The first-order chi connectivity index (χ1) is 12.8. The molecule has 0 bridgehead atoms. The molecule has 0 fully saturated rings. The van der Waals surface area contributed by atoms with E-state index < -0.39 is 0 Å². The van der Waals surface area contributed by atoms with Gasteiger partial charge in [-0.3, -0.25) is 14.2 Å². The minimum Gasteiger partial charge on any atom is -0.336 e. The second-order valence-corrected chi connectivity index (χ2v) is 8.21. The van der Waals surface area contributed by atoms with Crippen LogP contribution < -0.4 is 0 Å². The van der Waals surface area contributed by atoms with Crippen LogP contribution in [0.4, 0.5) is 0 Å². The van der Waals surface area contributed by atoms with Crippen LogP contribution in [0.3, 0.4) is 0 Å². The Bertz CT molecular complexity index is 955.